The summed E-state index contributed by atoms with van der Waals surface area (Å²) in [5.74, 6) is 0. The Labute approximate surface area is 83.7 Å². The van der Waals surface area contributed by atoms with Crippen LogP contribution in [0.2, 0.25) is 0 Å². The fourth-order valence-corrected chi connectivity index (χ4v) is 2.03. The van der Waals surface area contributed by atoms with Gasteiger partial charge >= 0.3 is 7.12 Å². The van der Waals surface area contributed by atoms with Crippen molar-refractivity contribution < 1.29 is 10.0 Å². The highest BCUT2D eigenvalue weighted by atomic mass is 16.4. The fraction of sp³-hybridized carbons (Fsp3) is 0.667. The molecule has 76 valence electrons. The Balaban J connectivity index is 2.07. The van der Waals surface area contributed by atoms with Gasteiger partial charge in [0, 0.05) is 17.9 Å². The molecule has 1 fully saturated rings. The second-order valence-electron chi connectivity index (χ2n) is 3.92. The molecule has 14 heavy (non-hydrogen) atoms. The lowest BCUT2D eigenvalue weighted by Crippen LogP contribution is -2.28. The number of aromatic nitrogens is 2. The van der Waals surface area contributed by atoms with Gasteiger partial charge in [-0.1, -0.05) is 19.3 Å². The smallest absolute Gasteiger partial charge is 0.423 e. The van der Waals surface area contributed by atoms with Crippen LogP contribution in [0.3, 0.4) is 0 Å². The van der Waals surface area contributed by atoms with Gasteiger partial charge in [0.2, 0.25) is 0 Å². The lowest BCUT2D eigenvalue weighted by Gasteiger charge is -2.21. The van der Waals surface area contributed by atoms with E-state index in [-0.39, 0.29) is 0 Å². The van der Waals surface area contributed by atoms with E-state index in [4.69, 9.17) is 10.0 Å². The van der Waals surface area contributed by atoms with E-state index >= 15 is 0 Å². The zero-order valence-electron chi connectivity index (χ0n) is 8.13. The summed E-state index contributed by atoms with van der Waals surface area (Å²) in [6, 6.07) is 0.455. The predicted octanol–water partition coefficient (Wildman–Crippen LogP) is 0.0681. The van der Waals surface area contributed by atoms with Gasteiger partial charge in [-0.3, -0.25) is 4.68 Å². The highest BCUT2D eigenvalue weighted by Gasteiger charge is 2.19. The quantitative estimate of drug-likeness (QED) is 0.655. The Bertz CT molecular complexity index is 295. The van der Waals surface area contributed by atoms with Gasteiger partial charge in [0.15, 0.2) is 0 Å². The van der Waals surface area contributed by atoms with Crippen molar-refractivity contribution in [3.63, 3.8) is 0 Å². The van der Waals surface area contributed by atoms with Gasteiger partial charge in [0.05, 0.1) is 6.04 Å². The van der Waals surface area contributed by atoms with Crippen LogP contribution in [0.5, 0.6) is 0 Å². The third-order valence-corrected chi connectivity index (χ3v) is 2.87. The first-order chi connectivity index (χ1) is 6.77. The standard InChI is InChI=1S/C9H15BN2O2/c13-10(14)8-6-11-12(7-8)9-4-2-1-3-5-9/h6-7,9,13-14H,1-5H2. The molecular formula is C9H15BN2O2. The topological polar surface area (TPSA) is 58.3 Å². The normalized spacial score (nSPS) is 18.4. The van der Waals surface area contributed by atoms with E-state index in [1.165, 1.54) is 25.5 Å². The Kier molecular flexibility index (Phi) is 2.89. The van der Waals surface area contributed by atoms with Gasteiger partial charge in [-0.2, -0.15) is 5.10 Å². The summed E-state index contributed by atoms with van der Waals surface area (Å²) in [6.07, 6.45) is 9.39. The van der Waals surface area contributed by atoms with Gasteiger partial charge in [-0.15, -0.1) is 0 Å². The molecule has 0 aromatic carbocycles. The molecule has 1 aromatic heterocycles. The first kappa shape index (κ1) is 9.74. The average molecular weight is 194 g/mol. The van der Waals surface area contributed by atoms with Crippen LogP contribution in [0.4, 0.5) is 0 Å². The molecule has 0 spiro atoms. The molecular weight excluding hydrogens is 179 g/mol. The predicted molar refractivity (Wildman–Crippen MR) is 54.2 cm³/mol. The molecule has 0 amide bonds. The molecule has 4 nitrogen and oxygen atoms in total. The van der Waals surface area contributed by atoms with E-state index in [2.05, 4.69) is 5.10 Å². The zero-order chi connectivity index (χ0) is 9.97. The highest BCUT2D eigenvalue weighted by Crippen LogP contribution is 2.26. The molecule has 0 radical (unpaired) electrons. The van der Waals surface area contributed by atoms with Gasteiger partial charge in [-0.05, 0) is 12.8 Å². The Hall–Kier alpha value is -0.805. The molecule has 0 atom stereocenters. The molecule has 1 heterocycles. The van der Waals surface area contributed by atoms with E-state index in [9.17, 15) is 0 Å². The third-order valence-electron chi connectivity index (χ3n) is 2.87. The number of hydrogen-bond acceptors (Lipinski definition) is 3. The Morgan fingerprint density at radius 3 is 2.57 bits per heavy atom. The van der Waals surface area contributed by atoms with Gasteiger partial charge in [0.25, 0.3) is 0 Å². The maximum Gasteiger partial charge on any atom is 0.491 e. The largest absolute Gasteiger partial charge is 0.491 e. The number of nitrogens with zero attached hydrogens (tertiary/aromatic N) is 2. The molecule has 0 aliphatic heterocycles. The van der Waals surface area contributed by atoms with Crippen LogP contribution >= 0.6 is 0 Å². The zero-order valence-corrected chi connectivity index (χ0v) is 8.13. The van der Waals surface area contributed by atoms with Crippen LogP contribution in [-0.4, -0.2) is 26.9 Å². The van der Waals surface area contributed by atoms with E-state index in [0.717, 1.165) is 12.8 Å². The lowest BCUT2D eigenvalue weighted by atomic mass is 9.83. The van der Waals surface area contributed by atoms with Crippen molar-refractivity contribution in [1.82, 2.24) is 9.78 Å². The molecule has 0 saturated heterocycles. The van der Waals surface area contributed by atoms with Crippen LogP contribution in [0.15, 0.2) is 12.4 Å². The van der Waals surface area contributed by atoms with E-state index in [0.29, 0.717) is 11.5 Å². The minimum Gasteiger partial charge on any atom is -0.423 e. The second kappa shape index (κ2) is 4.15. The molecule has 1 aliphatic rings. The van der Waals surface area contributed by atoms with E-state index in [1.54, 1.807) is 6.20 Å². The number of hydrogen-bond donors (Lipinski definition) is 2. The molecule has 5 heteroatoms. The summed E-state index contributed by atoms with van der Waals surface area (Å²) in [4.78, 5) is 0. The van der Waals surface area contributed by atoms with Crippen LogP contribution in [0, 0.1) is 0 Å². The van der Waals surface area contributed by atoms with Crippen LogP contribution in [0.1, 0.15) is 38.1 Å². The van der Waals surface area contributed by atoms with Crippen LogP contribution < -0.4 is 5.46 Å². The van der Waals surface area contributed by atoms with E-state index in [1.807, 2.05) is 4.68 Å². The third kappa shape index (κ3) is 1.99. The maximum atomic E-state index is 8.94. The van der Waals surface area contributed by atoms with Crippen LogP contribution in [0.25, 0.3) is 0 Å². The monoisotopic (exact) mass is 194 g/mol. The van der Waals surface area contributed by atoms with Crippen molar-refractivity contribution >= 4 is 12.6 Å². The summed E-state index contributed by atoms with van der Waals surface area (Å²) >= 11 is 0. The Morgan fingerprint density at radius 1 is 1.29 bits per heavy atom. The SMILES string of the molecule is OB(O)c1cnn(C2CCCCC2)c1. The van der Waals surface area contributed by atoms with Crippen molar-refractivity contribution in [1.29, 1.82) is 0 Å². The average Bonchev–Trinajstić information content (AvgIpc) is 2.68. The van der Waals surface area contributed by atoms with Crippen molar-refractivity contribution in [3.05, 3.63) is 12.4 Å². The minimum atomic E-state index is -1.40. The minimum absolute atomic E-state index is 0.455. The van der Waals surface area contributed by atoms with Crippen molar-refractivity contribution in [2.75, 3.05) is 0 Å². The first-order valence-electron chi connectivity index (χ1n) is 5.17. The molecule has 1 aliphatic carbocycles. The van der Waals surface area contributed by atoms with Gasteiger partial charge in [0.1, 0.15) is 0 Å². The van der Waals surface area contributed by atoms with Crippen molar-refractivity contribution in [3.8, 4) is 0 Å². The van der Waals surface area contributed by atoms with E-state index < -0.39 is 7.12 Å². The van der Waals surface area contributed by atoms with Gasteiger partial charge in [-0.25, -0.2) is 0 Å². The fourth-order valence-electron chi connectivity index (χ4n) is 2.03. The molecule has 2 N–H and O–H groups in total. The van der Waals surface area contributed by atoms with Crippen LogP contribution in [-0.2, 0) is 0 Å². The number of rotatable bonds is 2. The summed E-state index contributed by atoms with van der Waals surface area (Å²) in [7, 11) is -1.40. The highest BCUT2D eigenvalue weighted by molar-refractivity contribution is 6.58. The summed E-state index contributed by atoms with van der Waals surface area (Å²) < 4.78 is 1.87. The second-order valence-corrected chi connectivity index (χ2v) is 3.92. The maximum absolute atomic E-state index is 8.94. The van der Waals surface area contributed by atoms with Crippen molar-refractivity contribution in [2.45, 2.75) is 38.1 Å². The van der Waals surface area contributed by atoms with Gasteiger partial charge < -0.3 is 10.0 Å². The molecule has 1 saturated carbocycles. The Morgan fingerprint density at radius 2 is 2.00 bits per heavy atom. The molecule has 1 aromatic rings. The van der Waals surface area contributed by atoms with Crippen molar-refractivity contribution in [2.24, 2.45) is 0 Å². The first-order valence-corrected chi connectivity index (χ1v) is 5.17. The summed E-state index contributed by atoms with van der Waals surface area (Å²) in [5.41, 5.74) is 0.482. The summed E-state index contributed by atoms with van der Waals surface area (Å²) in [6.45, 7) is 0. The molecule has 2 rings (SSSR count). The summed E-state index contributed by atoms with van der Waals surface area (Å²) in [5, 5.41) is 22.0. The molecule has 0 unspecified atom stereocenters. The molecule has 0 bridgehead atoms. The lowest BCUT2D eigenvalue weighted by molar-refractivity contribution is 0.329.